The van der Waals surface area contributed by atoms with Gasteiger partial charge in [0.05, 0.1) is 18.7 Å². The van der Waals surface area contributed by atoms with E-state index in [0.717, 1.165) is 29.3 Å². The fraction of sp³-hybridized carbons (Fsp3) is 0.438. The highest BCUT2D eigenvalue weighted by atomic mass is 16.3. The summed E-state index contributed by atoms with van der Waals surface area (Å²) in [6.07, 6.45) is 4.24. The second kappa shape index (κ2) is 5.87. The Hall–Kier alpha value is -1.85. The lowest BCUT2D eigenvalue weighted by Crippen LogP contribution is -2.47. The molecule has 3 rings (SSSR count). The van der Waals surface area contributed by atoms with Crippen LogP contribution in [-0.4, -0.2) is 46.1 Å². The molecule has 5 heteroatoms. The highest BCUT2D eigenvalue weighted by molar-refractivity contribution is 5.86. The molecule has 1 aromatic heterocycles. The maximum Gasteiger partial charge on any atom is 0.240 e. The number of para-hydroxylation sites is 1. The number of carbonyl (C=O) groups excluding carboxylic acids is 1. The fourth-order valence-corrected chi connectivity index (χ4v) is 3.15. The Kier molecular flexibility index (Phi) is 3.94. The van der Waals surface area contributed by atoms with Crippen LogP contribution in [0.3, 0.4) is 0 Å². The number of aliphatic hydroxyl groups excluding tert-OH is 1. The molecule has 0 bridgehead atoms. The SMILES string of the molecule is N[C@@H](Cc1c[nH]c2ccccc12)C(=O)N1CCC[C@@H]1CO. The van der Waals surface area contributed by atoms with Crippen LogP contribution in [0.25, 0.3) is 10.9 Å². The van der Waals surface area contributed by atoms with Crippen molar-refractivity contribution in [2.45, 2.75) is 31.3 Å². The predicted octanol–water partition coefficient (Wildman–Crippen LogP) is 1.02. The standard InChI is InChI=1S/C16H21N3O2/c17-14(16(21)19-7-3-4-12(19)10-20)8-11-9-18-15-6-2-1-5-13(11)15/h1-2,5-6,9,12,14,18,20H,3-4,7-8,10,17H2/t12-,14+/m1/s1. The molecule has 0 aliphatic carbocycles. The molecule has 2 heterocycles. The van der Waals surface area contributed by atoms with Crippen LogP contribution in [-0.2, 0) is 11.2 Å². The van der Waals surface area contributed by atoms with Crippen LogP contribution in [0.5, 0.6) is 0 Å². The fourth-order valence-electron chi connectivity index (χ4n) is 3.15. The summed E-state index contributed by atoms with van der Waals surface area (Å²) in [4.78, 5) is 17.4. The van der Waals surface area contributed by atoms with Crippen LogP contribution in [0.15, 0.2) is 30.5 Å². The number of aliphatic hydroxyl groups is 1. The number of fused-ring (bicyclic) bond motifs is 1. The van der Waals surface area contributed by atoms with E-state index in [2.05, 4.69) is 4.98 Å². The number of hydrogen-bond acceptors (Lipinski definition) is 3. The summed E-state index contributed by atoms with van der Waals surface area (Å²) < 4.78 is 0. The Morgan fingerprint density at radius 2 is 2.29 bits per heavy atom. The topological polar surface area (TPSA) is 82.4 Å². The summed E-state index contributed by atoms with van der Waals surface area (Å²) in [6.45, 7) is 0.719. The van der Waals surface area contributed by atoms with E-state index in [0.29, 0.717) is 13.0 Å². The van der Waals surface area contributed by atoms with Gasteiger partial charge in [-0.25, -0.2) is 0 Å². The molecule has 5 nitrogen and oxygen atoms in total. The van der Waals surface area contributed by atoms with E-state index < -0.39 is 6.04 Å². The zero-order valence-corrected chi connectivity index (χ0v) is 12.0. The minimum Gasteiger partial charge on any atom is -0.394 e. The Morgan fingerprint density at radius 1 is 1.48 bits per heavy atom. The molecule has 0 radical (unpaired) electrons. The lowest BCUT2D eigenvalue weighted by Gasteiger charge is -2.26. The number of nitrogens with one attached hydrogen (secondary N) is 1. The lowest BCUT2D eigenvalue weighted by atomic mass is 10.0. The Morgan fingerprint density at radius 3 is 3.10 bits per heavy atom. The number of aromatic amines is 1. The zero-order chi connectivity index (χ0) is 14.8. The quantitative estimate of drug-likeness (QED) is 0.785. The second-order valence-electron chi connectivity index (χ2n) is 5.68. The molecular weight excluding hydrogens is 266 g/mol. The first-order valence-corrected chi connectivity index (χ1v) is 7.42. The number of nitrogens with zero attached hydrogens (tertiary/aromatic N) is 1. The number of hydrogen-bond donors (Lipinski definition) is 3. The lowest BCUT2D eigenvalue weighted by molar-refractivity contribution is -0.134. The van der Waals surface area contributed by atoms with Gasteiger partial charge < -0.3 is 20.7 Å². The number of carbonyl (C=O) groups is 1. The van der Waals surface area contributed by atoms with Crippen LogP contribution in [0.1, 0.15) is 18.4 Å². The van der Waals surface area contributed by atoms with E-state index in [1.54, 1.807) is 4.90 Å². The van der Waals surface area contributed by atoms with E-state index in [9.17, 15) is 9.90 Å². The van der Waals surface area contributed by atoms with Gasteiger partial charge in [0.2, 0.25) is 5.91 Å². The maximum absolute atomic E-state index is 12.5. The van der Waals surface area contributed by atoms with E-state index in [1.807, 2.05) is 30.5 Å². The van der Waals surface area contributed by atoms with Crippen molar-refractivity contribution >= 4 is 16.8 Å². The first kappa shape index (κ1) is 14.1. The second-order valence-corrected chi connectivity index (χ2v) is 5.68. The summed E-state index contributed by atoms with van der Waals surface area (Å²) in [6, 6.07) is 7.38. The van der Waals surface area contributed by atoms with Crippen molar-refractivity contribution in [2.75, 3.05) is 13.2 Å². The molecule has 21 heavy (non-hydrogen) atoms. The molecule has 1 aliphatic heterocycles. The van der Waals surface area contributed by atoms with Crippen molar-refractivity contribution in [3.8, 4) is 0 Å². The van der Waals surface area contributed by atoms with Gasteiger partial charge in [-0.3, -0.25) is 4.79 Å². The van der Waals surface area contributed by atoms with E-state index >= 15 is 0 Å². The average Bonchev–Trinajstić information content (AvgIpc) is 3.13. The van der Waals surface area contributed by atoms with Crippen molar-refractivity contribution in [3.63, 3.8) is 0 Å². The third kappa shape index (κ3) is 2.66. The molecule has 0 saturated carbocycles. The minimum atomic E-state index is -0.559. The number of rotatable bonds is 4. The summed E-state index contributed by atoms with van der Waals surface area (Å²) in [7, 11) is 0. The van der Waals surface area contributed by atoms with Crippen molar-refractivity contribution in [1.29, 1.82) is 0 Å². The van der Waals surface area contributed by atoms with Crippen LogP contribution in [0.2, 0.25) is 0 Å². The Labute approximate surface area is 123 Å². The van der Waals surface area contributed by atoms with Crippen molar-refractivity contribution < 1.29 is 9.90 Å². The molecule has 0 spiro atoms. The van der Waals surface area contributed by atoms with Gasteiger partial charge in [-0.15, -0.1) is 0 Å². The zero-order valence-electron chi connectivity index (χ0n) is 12.0. The maximum atomic E-state index is 12.5. The molecule has 0 unspecified atom stereocenters. The predicted molar refractivity (Wildman–Crippen MR) is 81.8 cm³/mol. The molecule has 1 aliphatic rings. The van der Waals surface area contributed by atoms with E-state index in [1.165, 1.54) is 0 Å². The summed E-state index contributed by atoms with van der Waals surface area (Å²) >= 11 is 0. The summed E-state index contributed by atoms with van der Waals surface area (Å²) in [5.74, 6) is -0.0585. The van der Waals surface area contributed by atoms with Gasteiger partial charge in [0.25, 0.3) is 0 Å². The number of amides is 1. The molecule has 1 amide bonds. The third-order valence-electron chi connectivity index (χ3n) is 4.30. The van der Waals surface area contributed by atoms with Gasteiger partial charge >= 0.3 is 0 Å². The van der Waals surface area contributed by atoms with E-state index in [4.69, 9.17) is 5.73 Å². The number of aromatic nitrogens is 1. The summed E-state index contributed by atoms with van der Waals surface area (Å²) in [5, 5.41) is 10.4. The molecule has 2 aromatic rings. The number of likely N-dealkylation sites (tertiary alicyclic amines) is 1. The van der Waals surface area contributed by atoms with Crippen LogP contribution < -0.4 is 5.73 Å². The molecule has 1 saturated heterocycles. The van der Waals surface area contributed by atoms with Gasteiger partial charge in [-0.1, -0.05) is 18.2 Å². The molecule has 112 valence electrons. The van der Waals surface area contributed by atoms with Gasteiger partial charge in [-0.2, -0.15) is 0 Å². The van der Waals surface area contributed by atoms with Crippen molar-refractivity contribution in [3.05, 3.63) is 36.0 Å². The first-order valence-electron chi connectivity index (χ1n) is 7.42. The molecule has 1 aromatic carbocycles. The van der Waals surface area contributed by atoms with Crippen LogP contribution >= 0.6 is 0 Å². The number of nitrogens with two attached hydrogens (primary N) is 1. The van der Waals surface area contributed by atoms with Gasteiger partial charge in [-0.05, 0) is 30.9 Å². The third-order valence-corrected chi connectivity index (χ3v) is 4.30. The van der Waals surface area contributed by atoms with Crippen molar-refractivity contribution in [2.24, 2.45) is 5.73 Å². The molecule has 2 atom stereocenters. The van der Waals surface area contributed by atoms with Crippen molar-refractivity contribution in [1.82, 2.24) is 9.88 Å². The highest BCUT2D eigenvalue weighted by Crippen LogP contribution is 2.21. The van der Waals surface area contributed by atoms with Gasteiger partial charge in [0, 0.05) is 23.6 Å². The first-order chi connectivity index (χ1) is 10.2. The largest absolute Gasteiger partial charge is 0.394 e. The monoisotopic (exact) mass is 287 g/mol. The molecule has 4 N–H and O–H groups in total. The highest BCUT2D eigenvalue weighted by Gasteiger charge is 2.31. The van der Waals surface area contributed by atoms with Gasteiger partial charge in [0.1, 0.15) is 0 Å². The number of H-pyrrole nitrogens is 1. The summed E-state index contributed by atoms with van der Waals surface area (Å²) in [5.41, 5.74) is 8.23. The van der Waals surface area contributed by atoms with E-state index in [-0.39, 0.29) is 18.6 Å². The average molecular weight is 287 g/mol. The normalized spacial score (nSPS) is 20.1. The minimum absolute atomic E-state index is 0.0194. The van der Waals surface area contributed by atoms with Gasteiger partial charge in [0.15, 0.2) is 0 Å². The Bertz CT molecular complexity index is 637. The van der Waals surface area contributed by atoms with Crippen LogP contribution in [0, 0.1) is 0 Å². The van der Waals surface area contributed by atoms with Crippen LogP contribution in [0.4, 0.5) is 0 Å². The molecule has 1 fully saturated rings. The smallest absolute Gasteiger partial charge is 0.240 e. The molecular formula is C16H21N3O2. The Balaban J connectivity index is 1.74. The number of benzene rings is 1.